The van der Waals surface area contributed by atoms with Gasteiger partial charge in [0.15, 0.2) is 0 Å². The number of carboxylic acid groups (broad SMARTS) is 2. The monoisotopic (exact) mass is 268 g/mol. The van der Waals surface area contributed by atoms with Gasteiger partial charge in [-0.05, 0) is 13.1 Å². The largest absolute Gasteiger partial charge is 0.480 e. The predicted octanol–water partition coefficient (Wildman–Crippen LogP) is 0.737. The lowest BCUT2D eigenvalue weighted by molar-refractivity contribution is -0.385. The van der Waals surface area contributed by atoms with E-state index in [1.807, 2.05) is 0 Å². The summed E-state index contributed by atoms with van der Waals surface area (Å²) in [5, 5.41) is 28.7. The van der Waals surface area contributed by atoms with Gasteiger partial charge in [0.05, 0.1) is 17.0 Å². The molecule has 19 heavy (non-hydrogen) atoms. The van der Waals surface area contributed by atoms with Crippen molar-refractivity contribution in [1.82, 2.24) is 4.90 Å². The first-order chi connectivity index (χ1) is 8.84. The van der Waals surface area contributed by atoms with Gasteiger partial charge >= 0.3 is 11.9 Å². The van der Waals surface area contributed by atoms with E-state index in [1.54, 1.807) is 0 Å². The van der Waals surface area contributed by atoms with Gasteiger partial charge in [-0.1, -0.05) is 12.1 Å². The first-order valence-electron chi connectivity index (χ1n) is 5.22. The average molecular weight is 268 g/mol. The van der Waals surface area contributed by atoms with Crippen LogP contribution in [0.15, 0.2) is 24.3 Å². The summed E-state index contributed by atoms with van der Waals surface area (Å²) < 4.78 is 0. The van der Waals surface area contributed by atoms with E-state index in [2.05, 4.69) is 0 Å². The molecular weight excluding hydrogens is 256 g/mol. The molecule has 0 amide bonds. The summed E-state index contributed by atoms with van der Waals surface area (Å²) >= 11 is 0. The molecular formula is C11H12N2O6. The number of aliphatic carboxylic acids is 2. The van der Waals surface area contributed by atoms with Crippen LogP contribution in [0.5, 0.6) is 0 Å². The molecule has 0 fully saturated rings. The number of carbonyl (C=O) groups is 2. The minimum Gasteiger partial charge on any atom is -0.480 e. The fraction of sp³-hybridized carbons (Fsp3) is 0.273. The highest BCUT2D eigenvalue weighted by atomic mass is 16.6. The highest BCUT2D eigenvalue weighted by Gasteiger charge is 2.31. The van der Waals surface area contributed by atoms with Crippen molar-refractivity contribution in [3.8, 4) is 0 Å². The van der Waals surface area contributed by atoms with Gasteiger partial charge in [-0.25, -0.2) is 0 Å². The first kappa shape index (κ1) is 14.6. The smallest absolute Gasteiger partial charge is 0.325 e. The van der Waals surface area contributed by atoms with Crippen LogP contribution in [0.4, 0.5) is 5.69 Å². The summed E-state index contributed by atoms with van der Waals surface area (Å²) in [5.74, 6) is -2.56. The Balaban J connectivity index is 3.23. The molecule has 0 saturated heterocycles. The van der Waals surface area contributed by atoms with Gasteiger partial charge in [0.25, 0.3) is 5.69 Å². The number of nitro groups is 1. The summed E-state index contributed by atoms with van der Waals surface area (Å²) in [6.45, 7) is -0.539. The Morgan fingerprint density at radius 2 is 1.95 bits per heavy atom. The molecule has 0 aromatic heterocycles. The van der Waals surface area contributed by atoms with Crippen molar-refractivity contribution in [2.45, 2.75) is 6.04 Å². The minimum absolute atomic E-state index is 0.0521. The Bertz CT molecular complexity index is 516. The highest BCUT2D eigenvalue weighted by Crippen LogP contribution is 2.28. The first-order valence-corrected chi connectivity index (χ1v) is 5.22. The molecule has 1 aromatic rings. The van der Waals surface area contributed by atoms with Gasteiger partial charge < -0.3 is 10.2 Å². The van der Waals surface area contributed by atoms with E-state index in [4.69, 9.17) is 10.2 Å². The molecule has 0 bridgehead atoms. The van der Waals surface area contributed by atoms with Crippen LogP contribution < -0.4 is 0 Å². The van der Waals surface area contributed by atoms with Crippen LogP contribution in [0, 0.1) is 10.1 Å². The molecule has 0 spiro atoms. The van der Waals surface area contributed by atoms with Gasteiger partial charge in [-0.2, -0.15) is 0 Å². The number of hydrogen-bond donors (Lipinski definition) is 2. The molecule has 8 heteroatoms. The average Bonchev–Trinajstić information content (AvgIpc) is 2.27. The summed E-state index contributed by atoms with van der Waals surface area (Å²) in [5.41, 5.74) is -0.407. The Morgan fingerprint density at radius 1 is 1.37 bits per heavy atom. The fourth-order valence-electron chi connectivity index (χ4n) is 1.75. The van der Waals surface area contributed by atoms with E-state index in [0.717, 1.165) is 4.90 Å². The van der Waals surface area contributed by atoms with E-state index in [-0.39, 0.29) is 11.3 Å². The van der Waals surface area contributed by atoms with Gasteiger partial charge in [0.2, 0.25) is 0 Å². The minimum atomic E-state index is -1.39. The van der Waals surface area contributed by atoms with Crippen LogP contribution in [-0.2, 0) is 9.59 Å². The van der Waals surface area contributed by atoms with E-state index in [9.17, 15) is 19.7 Å². The number of para-hydroxylation sites is 1. The normalized spacial score (nSPS) is 12.1. The topological polar surface area (TPSA) is 121 Å². The lowest BCUT2D eigenvalue weighted by Crippen LogP contribution is -2.35. The Hall–Kier alpha value is -2.48. The Labute approximate surface area is 108 Å². The van der Waals surface area contributed by atoms with Gasteiger partial charge in [0.1, 0.15) is 6.04 Å². The molecule has 0 aliphatic rings. The number of likely N-dealkylation sites (N-methyl/N-ethyl adjacent to an activating group) is 1. The van der Waals surface area contributed by atoms with Gasteiger partial charge in [-0.3, -0.25) is 24.6 Å². The number of nitro benzene ring substituents is 1. The molecule has 1 atom stereocenters. The third-order valence-corrected chi connectivity index (χ3v) is 2.49. The second kappa shape index (κ2) is 5.91. The maximum absolute atomic E-state index is 11.2. The third-order valence-electron chi connectivity index (χ3n) is 2.49. The summed E-state index contributed by atoms with van der Waals surface area (Å²) in [4.78, 5) is 33.1. The van der Waals surface area contributed by atoms with Crippen molar-refractivity contribution in [2.24, 2.45) is 0 Å². The predicted molar refractivity (Wildman–Crippen MR) is 63.7 cm³/mol. The summed E-state index contributed by atoms with van der Waals surface area (Å²) in [6.07, 6.45) is 0. The van der Waals surface area contributed by atoms with Crippen LogP contribution in [0.2, 0.25) is 0 Å². The molecule has 0 heterocycles. The lowest BCUT2D eigenvalue weighted by atomic mass is 10.0. The van der Waals surface area contributed by atoms with E-state index < -0.39 is 29.4 Å². The van der Waals surface area contributed by atoms with Crippen molar-refractivity contribution < 1.29 is 24.7 Å². The van der Waals surface area contributed by atoms with Crippen molar-refractivity contribution in [1.29, 1.82) is 0 Å². The summed E-state index contributed by atoms with van der Waals surface area (Å²) in [6, 6.07) is 3.97. The molecule has 0 aliphatic heterocycles. The molecule has 0 radical (unpaired) electrons. The Kier molecular flexibility index (Phi) is 4.54. The molecule has 1 unspecified atom stereocenters. The van der Waals surface area contributed by atoms with Gasteiger partial charge in [0, 0.05) is 6.07 Å². The maximum Gasteiger partial charge on any atom is 0.325 e. The standard InChI is InChI=1S/C11H12N2O6/c1-12(6-9(14)15)10(11(16)17)7-4-2-3-5-8(7)13(18)19/h2-5,10H,6H2,1H3,(H,14,15)(H,16,17). The molecule has 8 nitrogen and oxygen atoms in total. The SMILES string of the molecule is CN(CC(=O)O)C(C(=O)O)c1ccccc1[N+](=O)[O-]. The molecule has 2 N–H and O–H groups in total. The van der Waals surface area contributed by atoms with E-state index in [0.29, 0.717) is 0 Å². The van der Waals surface area contributed by atoms with Crippen molar-refractivity contribution in [3.05, 3.63) is 39.9 Å². The van der Waals surface area contributed by atoms with E-state index in [1.165, 1.54) is 31.3 Å². The molecule has 1 aromatic carbocycles. The van der Waals surface area contributed by atoms with Crippen molar-refractivity contribution in [2.75, 3.05) is 13.6 Å². The number of rotatable bonds is 6. The Morgan fingerprint density at radius 3 is 2.42 bits per heavy atom. The second-order valence-electron chi connectivity index (χ2n) is 3.87. The summed E-state index contributed by atoms with van der Waals surface area (Å²) in [7, 11) is 1.28. The van der Waals surface area contributed by atoms with Crippen LogP contribution in [0.25, 0.3) is 0 Å². The van der Waals surface area contributed by atoms with Crippen molar-refractivity contribution >= 4 is 17.6 Å². The van der Waals surface area contributed by atoms with Crippen LogP contribution in [0.1, 0.15) is 11.6 Å². The zero-order valence-electron chi connectivity index (χ0n) is 10.0. The number of carboxylic acids is 2. The van der Waals surface area contributed by atoms with Crippen molar-refractivity contribution in [3.63, 3.8) is 0 Å². The second-order valence-corrected chi connectivity index (χ2v) is 3.87. The zero-order chi connectivity index (χ0) is 14.6. The third kappa shape index (κ3) is 3.49. The quantitative estimate of drug-likeness (QED) is 0.576. The van der Waals surface area contributed by atoms with Crippen LogP contribution in [-0.4, -0.2) is 45.6 Å². The molecule has 0 saturated carbocycles. The number of hydrogen-bond acceptors (Lipinski definition) is 5. The van der Waals surface area contributed by atoms with Crippen LogP contribution in [0.3, 0.4) is 0 Å². The van der Waals surface area contributed by atoms with Gasteiger partial charge in [-0.15, -0.1) is 0 Å². The van der Waals surface area contributed by atoms with E-state index >= 15 is 0 Å². The molecule has 1 rings (SSSR count). The fourth-order valence-corrected chi connectivity index (χ4v) is 1.75. The van der Waals surface area contributed by atoms with Crippen LogP contribution >= 0.6 is 0 Å². The molecule has 102 valence electrons. The number of nitrogens with zero attached hydrogens (tertiary/aromatic N) is 2. The lowest BCUT2D eigenvalue weighted by Gasteiger charge is -2.22. The number of benzene rings is 1. The molecule has 0 aliphatic carbocycles. The zero-order valence-corrected chi connectivity index (χ0v) is 10.0. The maximum atomic E-state index is 11.2. The highest BCUT2D eigenvalue weighted by molar-refractivity contribution is 5.78.